The normalized spacial score (nSPS) is 10.9. The summed E-state index contributed by atoms with van der Waals surface area (Å²) in [5, 5.41) is 2.70. The third-order valence-corrected chi connectivity index (χ3v) is 4.33. The van der Waals surface area contributed by atoms with Crippen molar-refractivity contribution in [1.82, 2.24) is 14.4 Å². The number of nitrogens with zero attached hydrogens (tertiary/aromatic N) is 3. The van der Waals surface area contributed by atoms with Gasteiger partial charge >= 0.3 is 0 Å². The van der Waals surface area contributed by atoms with Crippen LogP contribution in [-0.2, 0) is 0 Å². The van der Waals surface area contributed by atoms with E-state index in [1.54, 1.807) is 41.1 Å². The summed E-state index contributed by atoms with van der Waals surface area (Å²) in [5.74, 6) is -2.15. The van der Waals surface area contributed by atoms with Gasteiger partial charge in [0.25, 0.3) is 0 Å². The van der Waals surface area contributed by atoms with Gasteiger partial charge in [0, 0.05) is 36.2 Å². The highest BCUT2D eigenvalue weighted by molar-refractivity contribution is 5.70. The highest BCUT2D eigenvalue weighted by atomic mass is 19.2. The van der Waals surface area contributed by atoms with E-state index in [1.807, 2.05) is 0 Å². The molecule has 0 aliphatic heterocycles. The van der Waals surface area contributed by atoms with E-state index < -0.39 is 17.5 Å². The molecular formula is C20H15F3N4O2. The molecule has 6 nitrogen and oxygen atoms in total. The van der Waals surface area contributed by atoms with E-state index >= 15 is 0 Å². The Labute approximate surface area is 163 Å². The predicted octanol–water partition coefficient (Wildman–Crippen LogP) is 4.57. The number of methoxy groups -OCH3 is 2. The second-order valence-corrected chi connectivity index (χ2v) is 6.06. The first-order chi connectivity index (χ1) is 14.0. The fourth-order valence-electron chi connectivity index (χ4n) is 2.89. The maximum Gasteiger partial charge on any atom is 0.213 e. The third kappa shape index (κ3) is 3.42. The molecule has 4 aromatic rings. The number of imidazole rings is 1. The lowest BCUT2D eigenvalue weighted by Crippen LogP contribution is -2.05. The van der Waals surface area contributed by atoms with Crippen molar-refractivity contribution in [3.63, 3.8) is 0 Å². The number of rotatable bonds is 5. The summed E-state index contributed by atoms with van der Waals surface area (Å²) in [5.41, 5.74) is 1.48. The van der Waals surface area contributed by atoms with E-state index in [-0.39, 0.29) is 11.6 Å². The van der Waals surface area contributed by atoms with Crippen molar-refractivity contribution in [2.75, 3.05) is 19.5 Å². The number of hydrogen-bond donors (Lipinski definition) is 1. The summed E-state index contributed by atoms with van der Waals surface area (Å²) in [6.45, 7) is 0. The van der Waals surface area contributed by atoms with Crippen LogP contribution in [0.4, 0.5) is 24.8 Å². The largest absolute Gasteiger partial charge is 0.493 e. The Morgan fingerprint density at radius 2 is 1.66 bits per heavy atom. The molecule has 29 heavy (non-hydrogen) atoms. The van der Waals surface area contributed by atoms with Gasteiger partial charge in [0.2, 0.25) is 5.95 Å². The van der Waals surface area contributed by atoms with Crippen LogP contribution in [0.5, 0.6) is 11.5 Å². The number of ether oxygens (including phenoxy) is 2. The highest BCUT2D eigenvalue weighted by Crippen LogP contribution is 2.33. The Balaban J connectivity index is 1.82. The van der Waals surface area contributed by atoms with Crippen LogP contribution in [0.2, 0.25) is 0 Å². The number of halogens is 3. The molecule has 0 bridgehead atoms. The molecular weight excluding hydrogens is 385 g/mol. The van der Waals surface area contributed by atoms with Crippen molar-refractivity contribution in [3.8, 4) is 22.8 Å². The number of fused-ring (bicyclic) bond motifs is 1. The molecule has 0 fully saturated rings. The Morgan fingerprint density at radius 3 is 2.41 bits per heavy atom. The average Bonchev–Trinajstić information content (AvgIpc) is 3.20. The smallest absolute Gasteiger partial charge is 0.213 e. The van der Waals surface area contributed by atoms with E-state index in [1.165, 1.54) is 14.2 Å². The second kappa shape index (κ2) is 7.34. The van der Waals surface area contributed by atoms with Gasteiger partial charge in [0.1, 0.15) is 11.5 Å². The minimum absolute atomic E-state index is 0.176. The van der Waals surface area contributed by atoms with Crippen LogP contribution in [0, 0.1) is 17.5 Å². The molecule has 0 unspecified atom stereocenters. The molecule has 9 heteroatoms. The van der Waals surface area contributed by atoms with Gasteiger partial charge in [0.15, 0.2) is 23.1 Å². The molecule has 0 saturated heterocycles. The lowest BCUT2D eigenvalue weighted by atomic mass is 10.1. The van der Waals surface area contributed by atoms with Gasteiger partial charge in [-0.05, 0) is 18.2 Å². The summed E-state index contributed by atoms with van der Waals surface area (Å²) in [6, 6.07) is 8.19. The average molecular weight is 400 g/mol. The molecule has 0 saturated carbocycles. The fraction of sp³-hybridized carbons (Fsp3) is 0.100. The van der Waals surface area contributed by atoms with Gasteiger partial charge in [-0.3, -0.25) is 4.40 Å². The second-order valence-electron chi connectivity index (χ2n) is 6.06. The van der Waals surface area contributed by atoms with Gasteiger partial charge < -0.3 is 14.8 Å². The van der Waals surface area contributed by atoms with Crippen LogP contribution in [0.1, 0.15) is 0 Å². The summed E-state index contributed by atoms with van der Waals surface area (Å²) < 4.78 is 53.0. The zero-order chi connectivity index (χ0) is 20.5. The Hall–Kier alpha value is -3.75. The molecule has 148 valence electrons. The monoisotopic (exact) mass is 400 g/mol. The van der Waals surface area contributed by atoms with Crippen LogP contribution in [0.15, 0.2) is 48.8 Å². The molecule has 4 rings (SSSR count). The molecule has 0 amide bonds. The predicted molar refractivity (Wildman–Crippen MR) is 101 cm³/mol. The van der Waals surface area contributed by atoms with Crippen LogP contribution < -0.4 is 14.8 Å². The molecule has 2 aromatic carbocycles. The van der Waals surface area contributed by atoms with Crippen molar-refractivity contribution in [3.05, 3.63) is 66.2 Å². The number of nitrogens with one attached hydrogen (secondary N) is 1. The number of benzene rings is 2. The summed E-state index contributed by atoms with van der Waals surface area (Å²) >= 11 is 0. The van der Waals surface area contributed by atoms with Crippen LogP contribution in [-0.4, -0.2) is 28.6 Å². The number of anilines is 2. The van der Waals surface area contributed by atoms with Crippen molar-refractivity contribution < 1.29 is 22.6 Å². The zero-order valence-electron chi connectivity index (χ0n) is 15.4. The molecule has 0 radical (unpaired) electrons. The van der Waals surface area contributed by atoms with E-state index in [0.29, 0.717) is 34.5 Å². The molecule has 0 aliphatic carbocycles. The van der Waals surface area contributed by atoms with E-state index in [4.69, 9.17) is 9.47 Å². The molecule has 0 spiro atoms. The SMILES string of the molecule is COc1ccc(-c2cc3nccn3c(Nc3cc(F)c(F)cc3F)n2)cc1OC. The van der Waals surface area contributed by atoms with Crippen LogP contribution in [0.25, 0.3) is 16.9 Å². The zero-order valence-corrected chi connectivity index (χ0v) is 15.4. The van der Waals surface area contributed by atoms with Gasteiger partial charge in [-0.2, -0.15) is 0 Å². The molecule has 0 atom stereocenters. The summed E-state index contributed by atoms with van der Waals surface area (Å²) in [7, 11) is 3.05. The van der Waals surface area contributed by atoms with Crippen LogP contribution in [0.3, 0.4) is 0 Å². The molecule has 2 heterocycles. The van der Waals surface area contributed by atoms with Crippen molar-refractivity contribution in [1.29, 1.82) is 0 Å². The van der Waals surface area contributed by atoms with Crippen molar-refractivity contribution in [2.45, 2.75) is 0 Å². The number of hydrogen-bond acceptors (Lipinski definition) is 5. The van der Waals surface area contributed by atoms with Gasteiger partial charge in [0.05, 0.1) is 25.6 Å². The van der Waals surface area contributed by atoms with Crippen molar-refractivity contribution in [2.24, 2.45) is 0 Å². The first-order valence-corrected chi connectivity index (χ1v) is 8.48. The lowest BCUT2D eigenvalue weighted by molar-refractivity contribution is 0.355. The minimum atomic E-state index is -1.27. The molecule has 1 N–H and O–H groups in total. The molecule has 0 aliphatic rings. The standard InChI is InChI=1S/C20H15F3N4O2/c1-28-17-4-3-11(7-18(17)29-2)15-10-19-24-5-6-27(19)20(25-15)26-16-9-13(22)12(21)8-14(16)23/h3-10H,1-2H3,(H,25,26). The fourth-order valence-corrected chi connectivity index (χ4v) is 2.89. The minimum Gasteiger partial charge on any atom is -0.493 e. The third-order valence-electron chi connectivity index (χ3n) is 4.33. The maximum absolute atomic E-state index is 14.1. The quantitative estimate of drug-likeness (QED) is 0.497. The first kappa shape index (κ1) is 18.6. The molecule has 2 aromatic heterocycles. The lowest BCUT2D eigenvalue weighted by Gasteiger charge is -2.13. The Kier molecular flexibility index (Phi) is 4.71. The van der Waals surface area contributed by atoms with Crippen molar-refractivity contribution >= 4 is 17.3 Å². The Bertz CT molecular complexity index is 1210. The van der Waals surface area contributed by atoms with E-state index in [0.717, 1.165) is 6.07 Å². The maximum atomic E-state index is 14.1. The van der Waals surface area contributed by atoms with Gasteiger partial charge in [-0.1, -0.05) is 0 Å². The Morgan fingerprint density at radius 1 is 0.897 bits per heavy atom. The van der Waals surface area contributed by atoms with Crippen LogP contribution >= 0.6 is 0 Å². The topological polar surface area (TPSA) is 60.7 Å². The number of aromatic nitrogens is 3. The van der Waals surface area contributed by atoms with Gasteiger partial charge in [-0.15, -0.1) is 0 Å². The summed E-state index contributed by atoms with van der Waals surface area (Å²) in [4.78, 5) is 8.73. The highest BCUT2D eigenvalue weighted by Gasteiger charge is 2.15. The van der Waals surface area contributed by atoms with E-state index in [2.05, 4.69) is 15.3 Å². The summed E-state index contributed by atoms with van der Waals surface area (Å²) in [6.07, 6.45) is 3.16. The van der Waals surface area contributed by atoms with E-state index in [9.17, 15) is 13.2 Å². The first-order valence-electron chi connectivity index (χ1n) is 8.48. The van der Waals surface area contributed by atoms with Gasteiger partial charge in [-0.25, -0.2) is 23.1 Å².